The Balaban J connectivity index is -0.000000163. The molecular weight excluding hydrogens is 438 g/mol. The second kappa shape index (κ2) is 9.62. The predicted octanol–water partition coefficient (Wildman–Crippen LogP) is -4.60. The van der Waals surface area contributed by atoms with Crippen LogP contribution in [0.15, 0.2) is 30.3 Å². The van der Waals surface area contributed by atoms with Gasteiger partial charge in [0.25, 0.3) is 0 Å². The fourth-order valence-corrected chi connectivity index (χ4v) is 0.428. The van der Waals surface area contributed by atoms with Crippen LogP contribution in [0, 0.1) is 0 Å². The second-order valence-corrected chi connectivity index (χ2v) is 1.34. The van der Waals surface area contributed by atoms with E-state index in [1.807, 2.05) is 6.07 Å². The van der Waals surface area contributed by atoms with Crippen LogP contribution in [0.5, 0.6) is 5.75 Å². The molecule has 0 bridgehead atoms. The molecule has 0 saturated heterocycles. The monoisotopic (exact) mass is 444 g/mol. The molecule has 1 aromatic rings. The first-order chi connectivity index (χ1) is 3.39. The van der Waals surface area contributed by atoms with Crippen LogP contribution >= 0.6 is 0 Å². The molecule has 0 atom stereocenters. The van der Waals surface area contributed by atoms with Crippen molar-refractivity contribution in [2.45, 2.75) is 0 Å². The van der Waals surface area contributed by atoms with Crippen molar-refractivity contribution in [3.63, 3.8) is 0 Å². The van der Waals surface area contributed by atoms with Crippen LogP contribution in [0.1, 0.15) is 0 Å². The standard InChI is InChI=1S/C6H6O.2BrH.Os/c7-6-4-2-1-3-5-6;;;/h1-5,7H;2*1H;/q;;;+2/p-2. The van der Waals surface area contributed by atoms with E-state index in [4.69, 9.17) is 5.11 Å². The largest absolute Gasteiger partial charge is 2.00 e. The van der Waals surface area contributed by atoms with Crippen LogP contribution in [0.25, 0.3) is 0 Å². The van der Waals surface area contributed by atoms with E-state index >= 15 is 0 Å². The van der Waals surface area contributed by atoms with Gasteiger partial charge in [-0.15, -0.1) is 0 Å². The van der Waals surface area contributed by atoms with Gasteiger partial charge >= 0.3 is 19.8 Å². The minimum absolute atomic E-state index is 0. The van der Waals surface area contributed by atoms with Gasteiger partial charge in [-0.1, -0.05) is 18.2 Å². The number of hydrogen-bond donors (Lipinski definition) is 1. The summed E-state index contributed by atoms with van der Waals surface area (Å²) in [6.07, 6.45) is 0. The average Bonchev–Trinajstić information content (AvgIpc) is 1.69. The van der Waals surface area contributed by atoms with E-state index in [2.05, 4.69) is 0 Å². The molecule has 0 amide bonds. The van der Waals surface area contributed by atoms with Crippen LogP contribution in [0.3, 0.4) is 0 Å². The minimum atomic E-state index is 0. The van der Waals surface area contributed by atoms with E-state index < -0.39 is 0 Å². The fourth-order valence-electron chi connectivity index (χ4n) is 0.428. The molecule has 4 heteroatoms. The van der Waals surface area contributed by atoms with Crippen molar-refractivity contribution in [1.29, 1.82) is 0 Å². The summed E-state index contributed by atoms with van der Waals surface area (Å²) in [4.78, 5) is 0. The van der Waals surface area contributed by atoms with Crippen molar-refractivity contribution < 1.29 is 58.9 Å². The van der Waals surface area contributed by atoms with Crippen LogP contribution < -0.4 is 34.0 Å². The number of phenols is 1. The summed E-state index contributed by atoms with van der Waals surface area (Å²) < 4.78 is 0. The predicted molar refractivity (Wildman–Crippen MR) is 28.1 cm³/mol. The van der Waals surface area contributed by atoms with Gasteiger partial charge in [-0.3, -0.25) is 0 Å². The molecule has 0 spiro atoms. The maximum atomic E-state index is 8.63. The van der Waals surface area contributed by atoms with E-state index in [-0.39, 0.29) is 53.8 Å². The molecule has 10 heavy (non-hydrogen) atoms. The molecule has 1 nitrogen and oxygen atoms in total. The van der Waals surface area contributed by atoms with Gasteiger partial charge in [0.2, 0.25) is 0 Å². The Morgan fingerprint density at radius 2 is 1.30 bits per heavy atom. The third kappa shape index (κ3) is 6.73. The van der Waals surface area contributed by atoms with E-state index in [0.717, 1.165) is 0 Å². The van der Waals surface area contributed by atoms with E-state index in [9.17, 15) is 0 Å². The van der Waals surface area contributed by atoms with Gasteiger partial charge in [-0.25, -0.2) is 0 Å². The molecule has 0 aromatic heterocycles. The Kier molecular flexibility index (Phi) is 16.3. The van der Waals surface area contributed by atoms with Crippen LogP contribution in [-0.4, -0.2) is 5.11 Å². The topological polar surface area (TPSA) is 20.2 Å². The second-order valence-electron chi connectivity index (χ2n) is 1.34. The molecule has 0 aliphatic heterocycles. The van der Waals surface area contributed by atoms with Gasteiger partial charge in [0.05, 0.1) is 0 Å². The number of halogens is 2. The summed E-state index contributed by atoms with van der Waals surface area (Å²) in [7, 11) is 0. The third-order valence-electron chi connectivity index (χ3n) is 0.756. The molecule has 1 N–H and O–H groups in total. The van der Waals surface area contributed by atoms with Gasteiger partial charge in [0.1, 0.15) is 5.75 Å². The van der Waals surface area contributed by atoms with Crippen molar-refractivity contribution in [3.05, 3.63) is 30.3 Å². The quantitative estimate of drug-likeness (QED) is 0.428. The van der Waals surface area contributed by atoms with Crippen LogP contribution in [0.4, 0.5) is 0 Å². The van der Waals surface area contributed by atoms with Gasteiger partial charge in [0, 0.05) is 0 Å². The Morgan fingerprint density at radius 3 is 1.50 bits per heavy atom. The molecule has 0 aliphatic carbocycles. The summed E-state index contributed by atoms with van der Waals surface area (Å²) in [5.74, 6) is 0.322. The zero-order valence-electron chi connectivity index (χ0n) is 4.94. The molecule has 0 saturated carbocycles. The first kappa shape index (κ1) is 16.9. The fraction of sp³-hybridized carbons (Fsp3) is 0. The molecule has 1 aromatic carbocycles. The summed E-state index contributed by atoms with van der Waals surface area (Å²) in [6.45, 7) is 0. The molecule has 0 radical (unpaired) electrons. The van der Waals surface area contributed by atoms with Crippen LogP contribution in [-0.2, 0) is 19.8 Å². The molecule has 1 rings (SSSR count). The summed E-state index contributed by atoms with van der Waals surface area (Å²) in [5.41, 5.74) is 0. The van der Waals surface area contributed by atoms with E-state index in [1.54, 1.807) is 24.3 Å². The maximum absolute atomic E-state index is 8.63. The minimum Gasteiger partial charge on any atom is -1.00 e. The molecule has 0 fully saturated rings. The Labute approximate surface area is 94.4 Å². The SMILES string of the molecule is Oc1ccccc1.[Br-].[Br-].[Os+2]. The number of rotatable bonds is 0. The maximum Gasteiger partial charge on any atom is 2.00 e. The first-order valence-electron chi connectivity index (χ1n) is 2.13. The van der Waals surface area contributed by atoms with Gasteiger partial charge in [0.15, 0.2) is 0 Å². The average molecular weight is 444 g/mol. The summed E-state index contributed by atoms with van der Waals surface area (Å²) in [5, 5.41) is 8.63. The van der Waals surface area contributed by atoms with Crippen molar-refractivity contribution >= 4 is 0 Å². The summed E-state index contributed by atoms with van der Waals surface area (Å²) in [6, 6.07) is 8.71. The number of hydrogen-bond acceptors (Lipinski definition) is 1. The molecule has 0 unspecified atom stereocenters. The summed E-state index contributed by atoms with van der Waals surface area (Å²) >= 11 is 0. The van der Waals surface area contributed by atoms with Crippen molar-refractivity contribution in [1.82, 2.24) is 0 Å². The zero-order valence-corrected chi connectivity index (χ0v) is 10.7. The number of aromatic hydroxyl groups is 1. The third-order valence-corrected chi connectivity index (χ3v) is 0.756. The normalized spacial score (nSPS) is 6.00. The van der Waals surface area contributed by atoms with Crippen LogP contribution in [0.2, 0.25) is 0 Å². The van der Waals surface area contributed by atoms with Gasteiger partial charge in [-0.05, 0) is 12.1 Å². The van der Waals surface area contributed by atoms with Crippen molar-refractivity contribution in [3.8, 4) is 5.75 Å². The van der Waals surface area contributed by atoms with Gasteiger partial charge < -0.3 is 39.1 Å². The van der Waals surface area contributed by atoms with Crippen molar-refractivity contribution in [2.75, 3.05) is 0 Å². The zero-order chi connectivity index (χ0) is 5.11. The molecule has 58 valence electrons. The Bertz CT molecular complexity index is 146. The Hall–Kier alpha value is 0.616. The number of para-hydroxylation sites is 1. The van der Waals surface area contributed by atoms with E-state index in [1.165, 1.54) is 0 Å². The number of phenolic OH excluding ortho intramolecular Hbond substituents is 1. The first-order valence-corrected chi connectivity index (χ1v) is 2.13. The Morgan fingerprint density at radius 1 is 0.900 bits per heavy atom. The van der Waals surface area contributed by atoms with E-state index in [0.29, 0.717) is 5.75 Å². The molecular formula is C6H6Br2OOs. The number of benzene rings is 1. The molecule has 0 heterocycles. The van der Waals surface area contributed by atoms with Gasteiger partial charge in [-0.2, -0.15) is 0 Å². The van der Waals surface area contributed by atoms with Crippen molar-refractivity contribution in [2.24, 2.45) is 0 Å². The smallest absolute Gasteiger partial charge is 1.00 e. The molecule has 0 aliphatic rings.